The Balaban J connectivity index is 1.82. The maximum absolute atomic E-state index is 4.39. The van der Waals surface area contributed by atoms with E-state index >= 15 is 0 Å². The highest BCUT2D eigenvalue weighted by Crippen LogP contribution is 2.31. The summed E-state index contributed by atoms with van der Waals surface area (Å²) in [6, 6.07) is 10.7. The average molecular weight is 313 g/mol. The first-order valence-electron chi connectivity index (χ1n) is 8.69. The summed E-state index contributed by atoms with van der Waals surface area (Å²) < 4.78 is 1.97. The smallest absolute Gasteiger partial charge is 0.169 e. The van der Waals surface area contributed by atoms with E-state index < -0.39 is 0 Å². The van der Waals surface area contributed by atoms with E-state index in [0.29, 0.717) is 12.0 Å². The zero-order valence-electron chi connectivity index (χ0n) is 14.4. The van der Waals surface area contributed by atoms with Crippen LogP contribution in [0.5, 0.6) is 0 Å². The lowest BCUT2D eigenvalue weighted by molar-refractivity contribution is 0.0995. The van der Waals surface area contributed by atoms with Crippen LogP contribution in [0, 0.1) is 11.8 Å². The zero-order valence-corrected chi connectivity index (χ0v) is 14.4. The number of hydrogen-bond acceptors (Lipinski definition) is 4. The van der Waals surface area contributed by atoms with E-state index in [0.717, 1.165) is 31.4 Å². The molecule has 0 amide bonds. The summed E-state index contributed by atoms with van der Waals surface area (Å²) >= 11 is 0. The van der Waals surface area contributed by atoms with Gasteiger partial charge in [-0.2, -0.15) is 0 Å². The topological polar surface area (TPSA) is 46.8 Å². The van der Waals surface area contributed by atoms with Gasteiger partial charge in [-0.25, -0.2) is 4.68 Å². The van der Waals surface area contributed by atoms with Crippen LogP contribution in [-0.2, 0) is 6.54 Å². The van der Waals surface area contributed by atoms with Gasteiger partial charge in [0.2, 0.25) is 0 Å². The minimum absolute atomic E-state index is 0.293. The Morgan fingerprint density at radius 2 is 1.83 bits per heavy atom. The van der Waals surface area contributed by atoms with Gasteiger partial charge in [0.15, 0.2) is 5.82 Å². The van der Waals surface area contributed by atoms with Crippen LogP contribution >= 0.6 is 0 Å². The molecule has 2 aromatic rings. The molecule has 2 heterocycles. The molecule has 0 spiro atoms. The molecule has 124 valence electrons. The van der Waals surface area contributed by atoms with Crippen molar-refractivity contribution in [3.63, 3.8) is 0 Å². The second-order valence-corrected chi connectivity index (χ2v) is 7.09. The van der Waals surface area contributed by atoms with Gasteiger partial charge in [0.1, 0.15) is 0 Å². The Labute approximate surface area is 138 Å². The molecule has 3 rings (SSSR count). The first-order chi connectivity index (χ1) is 11.1. The monoisotopic (exact) mass is 313 g/mol. The van der Waals surface area contributed by atoms with Gasteiger partial charge in [0, 0.05) is 0 Å². The summed E-state index contributed by atoms with van der Waals surface area (Å²) in [5.74, 6) is 2.32. The third-order valence-corrected chi connectivity index (χ3v) is 4.84. The normalized spacial score (nSPS) is 18.4. The van der Waals surface area contributed by atoms with E-state index in [1.54, 1.807) is 0 Å². The fraction of sp³-hybridized carbons (Fsp3) is 0.611. The van der Waals surface area contributed by atoms with Crippen molar-refractivity contribution >= 4 is 0 Å². The molecule has 1 aliphatic heterocycles. The molecule has 0 N–H and O–H groups in total. The van der Waals surface area contributed by atoms with Gasteiger partial charge in [0.05, 0.1) is 12.6 Å². The zero-order chi connectivity index (χ0) is 16.2. The van der Waals surface area contributed by atoms with Crippen molar-refractivity contribution in [3.8, 4) is 0 Å². The number of hydrogen-bond donors (Lipinski definition) is 0. The molecule has 0 aliphatic carbocycles. The lowest BCUT2D eigenvalue weighted by Gasteiger charge is -2.37. The lowest BCUT2D eigenvalue weighted by atomic mass is 9.94. The standard InChI is InChI=1S/C18H27N5/c1-14(2)17(22-11-9-15(3)10-12-22)18-19-20-21-23(18)13-16-7-5-4-6-8-16/h4-8,14-15,17H,9-13H2,1-3H3/t17-/m1/s1. The molecule has 23 heavy (non-hydrogen) atoms. The molecule has 1 aromatic carbocycles. The van der Waals surface area contributed by atoms with Gasteiger partial charge in [-0.15, -0.1) is 5.10 Å². The average Bonchev–Trinajstić information content (AvgIpc) is 2.98. The van der Waals surface area contributed by atoms with Crippen LogP contribution in [0.2, 0.25) is 0 Å². The van der Waals surface area contributed by atoms with Gasteiger partial charge in [-0.1, -0.05) is 51.1 Å². The Kier molecular flexibility index (Phi) is 5.06. The molecule has 5 nitrogen and oxygen atoms in total. The molecule has 1 aliphatic rings. The van der Waals surface area contributed by atoms with Crippen molar-refractivity contribution in [2.24, 2.45) is 11.8 Å². The number of aromatic nitrogens is 4. The van der Waals surface area contributed by atoms with Crippen molar-refractivity contribution in [3.05, 3.63) is 41.7 Å². The van der Waals surface area contributed by atoms with Crippen molar-refractivity contribution in [2.75, 3.05) is 13.1 Å². The molecular weight excluding hydrogens is 286 g/mol. The first-order valence-corrected chi connectivity index (χ1v) is 8.69. The predicted octanol–water partition coefficient (Wildman–Crippen LogP) is 3.15. The van der Waals surface area contributed by atoms with Crippen LogP contribution < -0.4 is 0 Å². The van der Waals surface area contributed by atoms with Crippen LogP contribution in [0.3, 0.4) is 0 Å². The molecule has 0 saturated carbocycles. The number of piperidine rings is 1. The highest BCUT2D eigenvalue weighted by Gasteiger charge is 2.31. The third-order valence-electron chi connectivity index (χ3n) is 4.84. The first kappa shape index (κ1) is 16.1. The fourth-order valence-corrected chi connectivity index (χ4v) is 3.48. The molecule has 1 aromatic heterocycles. The van der Waals surface area contributed by atoms with Crippen molar-refractivity contribution < 1.29 is 0 Å². The quantitative estimate of drug-likeness (QED) is 0.851. The molecule has 0 bridgehead atoms. The minimum atomic E-state index is 0.293. The van der Waals surface area contributed by atoms with E-state index in [4.69, 9.17) is 0 Å². The van der Waals surface area contributed by atoms with Gasteiger partial charge in [0.25, 0.3) is 0 Å². The van der Waals surface area contributed by atoms with Gasteiger partial charge < -0.3 is 0 Å². The summed E-state index contributed by atoms with van der Waals surface area (Å²) in [5, 5.41) is 12.6. The fourth-order valence-electron chi connectivity index (χ4n) is 3.48. The molecule has 1 fully saturated rings. The van der Waals surface area contributed by atoms with Crippen LogP contribution in [0.4, 0.5) is 0 Å². The molecule has 0 radical (unpaired) electrons. The Morgan fingerprint density at radius 1 is 1.13 bits per heavy atom. The SMILES string of the molecule is CC1CCN([C@@H](c2nnnn2Cc2ccccc2)C(C)C)CC1. The summed E-state index contributed by atoms with van der Waals surface area (Å²) in [7, 11) is 0. The Bertz CT molecular complexity index is 599. The Morgan fingerprint density at radius 3 is 2.48 bits per heavy atom. The van der Waals surface area contributed by atoms with Crippen molar-refractivity contribution in [2.45, 2.75) is 46.2 Å². The molecule has 1 saturated heterocycles. The summed E-state index contributed by atoms with van der Waals surface area (Å²) in [6.07, 6.45) is 2.53. The van der Waals surface area contributed by atoms with Gasteiger partial charge in [-0.3, -0.25) is 4.90 Å². The van der Waals surface area contributed by atoms with E-state index in [9.17, 15) is 0 Å². The number of tetrazole rings is 1. The van der Waals surface area contributed by atoms with E-state index in [-0.39, 0.29) is 0 Å². The molecule has 1 atom stereocenters. The van der Waals surface area contributed by atoms with Crippen molar-refractivity contribution in [1.29, 1.82) is 0 Å². The van der Waals surface area contributed by atoms with E-state index in [1.807, 2.05) is 10.7 Å². The maximum Gasteiger partial charge on any atom is 0.169 e. The number of likely N-dealkylation sites (tertiary alicyclic amines) is 1. The third kappa shape index (κ3) is 3.78. The van der Waals surface area contributed by atoms with E-state index in [1.165, 1.54) is 18.4 Å². The van der Waals surface area contributed by atoms with Crippen LogP contribution in [0.15, 0.2) is 30.3 Å². The second-order valence-electron chi connectivity index (χ2n) is 7.09. The molecule has 0 unspecified atom stereocenters. The lowest BCUT2D eigenvalue weighted by Crippen LogP contribution is -2.39. The summed E-state index contributed by atoms with van der Waals surface area (Å²) in [6.45, 7) is 9.90. The molecule has 5 heteroatoms. The van der Waals surface area contributed by atoms with Crippen molar-refractivity contribution in [1.82, 2.24) is 25.1 Å². The van der Waals surface area contributed by atoms with Gasteiger partial charge >= 0.3 is 0 Å². The molecular formula is C18H27N5. The number of rotatable bonds is 5. The maximum atomic E-state index is 4.39. The highest BCUT2D eigenvalue weighted by atomic mass is 15.5. The summed E-state index contributed by atoms with van der Waals surface area (Å²) in [5.41, 5.74) is 1.23. The predicted molar refractivity (Wildman–Crippen MR) is 90.9 cm³/mol. The number of nitrogens with zero attached hydrogens (tertiary/aromatic N) is 5. The summed E-state index contributed by atoms with van der Waals surface area (Å²) in [4.78, 5) is 2.57. The largest absolute Gasteiger partial charge is 0.293 e. The second kappa shape index (κ2) is 7.21. The highest BCUT2D eigenvalue weighted by molar-refractivity contribution is 5.15. The van der Waals surface area contributed by atoms with Gasteiger partial charge in [-0.05, 0) is 53.8 Å². The van der Waals surface area contributed by atoms with Crippen LogP contribution in [0.25, 0.3) is 0 Å². The van der Waals surface area contributed by atoms with Crippen LogP contribution in [-0.4, -0.2) is 38.2 Å². The number of benzene rings is 1. The minimum Gasteiger partial charge on any atom is -0.293 e. The Hall–Kier alpha value is -1.75. The van der Waals surface area contributed by atoms with Crippen LogP contribution in [0.1, 0.15) is 51.0 Å². The van der Waals surface area contributed by atoms with E-state index in [2.05, 4.69) is 65.5 Å².